The number of ether oxygens (including phenoxy) is 1. The van der Waals surface area contributed by atoms with Crippen molar-refractivity contribution in [3.05, 3.63) is 17.8 Å². The van der Waals surface area contributed by atoms with Gasteiger partial charge in [0.15, 0.2) is 0 Å². The van der Waals surface area contributed by atoms with Crippen molar-refractivity contribution in [2.75, 3.05) is 18.6 Å². The summed E-state index contributed by atoms with van der Waals surface area (Å²) in [5.41, 5.74) is 2.12. The number of nitrogens with zero attached hydrogens (tertiary/aromatic N) is 2. The first kappa shape index (κ1) is 17.1. The molecule has 5 heteroatoms. The van der Waals surface area contributed by atoms with E-state index in [1.165, 1.54) is 31.4 Å². The predicted octanol–water partition coefficient (Wildman–Crippen LogP) is 3.45. The number of carbonyl (C=O) groups excluding carboxylic acids is 1. The van der Waals surface area contributed by atoms with E-state index in [-0.39, 0.29) is 11.9 Å². The Morgan fingerprint density at radius 2 is 2.12 bits per heavy atom. The van der Waals surface area contributed by atoms with Gasteiger partial charge in [-0.05, 0) is 37.7 Å². The molecule has 1 amide bonds. The topological polar surface area (TPSA) is 54.5 Å². The number of amides is 1. The van der Waals surface area contributed by atoms with Crippen LogP contribution in [0.3, 0.4) is 0 Å². The average Bonchev–Trinajstić information content (AvgIpc) is 3.09. The molecule has 1 aromatic heterocycles. The second kappa shape index (κ2) is 7.41. The van der Waals surface area contributed by atoms with Crippen LogP contribution >= 0.6 is 0 Å². The van der Waals surface area contributed by atoms with E-state index in [0.29, 0.717) is 11.9 Å². The van der Waals surface area contributed by atoms with Crippen LogP contribution < -0.4 is 15.0 Å². The normalized spacial score (nSPS) is 23.9. The molecule has 1 aromatic rings. The quantitative estimate of drug-likeness (QED) is 0.898. The maximum absolute atomic E-state index is 11.6. The Morgan fingerprint density at radius 3 is 2.75 bits per heavy atom. The summed E-state index contributed by atoms with van der Waals surface area (Å²) in [6.45, 7) is 4.91. The van der Waals surface area contributed by atoms with Crippen LogP contribution in [-0.4, -0.2) is 30.6 Å². The van der Waals surface area contributed by atoms with Crippen molar-refractivity contribution in [2.45, 2.75) is 64.5 Å². The number of hydrogen-bond acceptors (Lipinski definition) is 4. The molecule has 1 fully saturated rings. The summed E-state index contributed by atoms with van der Waals surface area (Å²) in [5.74, 6) is 1.39. The Bertz CT molecular complexity index is 584. The minimum atomic E-state index is -0.0302. The molecule has 0 radical (unpaired) electrons. The number of carbonyl (C=O) groups is 1. The van der Waals surface area contributed by atoms with E-state index in [4.69, 9.17) is 4.74 Å². The fourth-order valence-corrected chi connectivity index (χ4v) is 4.25. The zero-order chi connectivity index (χ0) is 17.1. The summed E-state index contributed by atoms with van der Waals surface area (Å²) < 4.78 is 5.31. The maximum atomic E-state index is 11.6. The number of methoxy groups -OCH3 is 1. The zero-order valence-corrected chi connectivity index (χ0v) is 15.0. The fraction of sp³-hybridized carbons (Fsp3) is 0.684. The average molecular weight is 331 g/mol. The highest BCUT2D eigenvalue weighted by molar-refractivity contribution is 5.74. The second-order valence-corrected chi connectivity index (χ2v) is 7.11. The number of pyridine rings is 1. The lowest BCUT2D eigenvalue weighted by Crippen LogP contribution is -2.46. The molecule has 5 nitrogen and oxygen atoms in total. The predicted molar refractivity (Wildman–Crippen MR) is 95.3 cm³/mol. The Balaban J connectivity index is 1.94. The summed E-state index contributed by atoms with van der Waals surface area (Å²) >= 11 is 0. The Kier molecular flexibility index (Phi) is 5.27. The molecular formula is C19H29N3O2. The third-order valence-electron chi connectivity index (χ3n) is 5.45. The molecule has 1 saturated carbocycles. The van der Waals surface area contributed by atoms with Crippen LogP contribution in [0.1, 0.15) is 64.1 Å². The van der Waals surface area contributed by atoms with Gasteiger partial charge in [0.05, 0.1) is 24.5 Å². The largest absolute Gasteiger partial charge is 0.481 e. The van der Waals surface area contributed by atoms with Crippen molar-refractivity contribution in [1.82, 2.24) is 10.3 Å². The molecular weight excluding hydrogens is 302 g/mol. The van der Waals surface area contributed by atoms with Gasteiger partial charge < -0.3 is 15.0 Å². The number of hydrogen-bond donors (Lipinski definition) is 1. The summed E-state index contributed by atoms with van der Waals surface area (Å²) in [7, 11) is 1.64. The van der Waals surface area contributed by atoms with Crippen molar-refractivity contribution in [3.8, 4) is 5.88 Å². The molecule has 3 rings (SSSR count). The number of fused-ring (bicyclic) bond motifs is 1. The van der Waals surface area contributed by atoms with Crippen LogP contribution in [-0.2, 0) is 4.79 Å². The van der Waals surface area contributed by atoms with Crippen molar-refractivity contribution >= 4 is 11.6 Å². The Labute approximate surface area is 144 Å². The molecule has 132 valence electrons. The summed E-state index contributed by atoms with van der Waals surface area (Å²) in [6.07, 6.45) is 7.38. The molecule has 2 heterocycles. The number of aromatic nitrogens is 1. The second-order valence-electron chi connectivity index (χ2n) is 7.11. The standard InChI is InChI=1S/C19H29N3O2/c1-4-15-11-16(20-13(2)23)19-17(9-10-18(21-19)24-3)22(15)12-14-7-5-6-8-14/h9-10,14-16H,4-8,11-12H2,1-3H3,(H,20,23). The van der Waals surface area contributed by atoms with E-state index < -0.39 is 0 Å². The molecule has 0 spiro atoms. The van der Waals surface area contributed by atoms with E-state index in [9.17, 15) is 4.79 Å². The monoisotopic (exact) mass is 331 g/mol. The molecule has 2 unspecified atom stereocenters. The van der Waals surface area contributed by atoms with Gasteiger partial charge in [-0.3, -0.25) is 4.79 Å². The lowest BCUT2D eigenvalue weighted by Gasteiger charge is -2.42. The van der Waals surface area contributed by atoms with E-state index in [0.717, 1.165) is 31.0 Å². The third-order valence-corrected chi connectivity index (χ3v) is 5.45. The first-order valence-electron chi connectivity index (χ1n) is 9.21. The summed E-state index contributed by atoms with van der Waals surface area (Å²) in [6, 6.07) is 4.47. The molecule has 0 saturated heterocycles. The molecule has 2 atom stereocenters. The first-order valence-corrected chi connectivity index (χ1v) is 9.21. The minimum Gasteiger partial charge on any atom is -0.481 e. The van der Waals surface area contributed by atoms with Gasteiger partial charge in [-0.25, -0.2) is 4.98 Å². The van der Waals surface area contributed by atoms with E-state index >= 15 is 0 Å². The molecule has 1 aliphatic heterocycles. The Hall–Kier alpha value is -1.78. The fourth-order valence-electron chi connectivity index (χ4n) is 4.25. The van der Waals surface area contributed by atoms with Gasteiger partial charge in [-0.2, -0.15) is 0 Å². The summed E-state index contributed by atoms with van der Waals surface area (Å²) in [4.78, 5) is 18.9. The van der Waals surface area contributed by atoms with E-state index in [1.807, 2.05) is 6.07 Å². The van der Waals surface area contributed by atoms with Crippen molar-refractivity contribution < 1.29 is 9.53 Å². The minimum absolute atomic E-state index is 0.00494. The van der Waals surface area contributed by atoms with Gasteiger partial charge >= 0.3 is 0 Å². The number of anilines is 1. The van der Waals surface area contributed by atoms with Crippen LogP contribution in [0, 0.1) is 5.92 Å². The van der Waals surface area contributed by atoms with Crippen molar-refractivity contribution in [3.63, 3.8) is 0 Å². The number of nitrogens with one attached hydrogen (secondary N) is 1. The SMILES string of the molecule is CCC1CC(NC(C)=O)c2nc(OC)ccc2N1CC1CCCC1. The lowest BCUT2D eigenvalue weighted by atomic mass is 9.91. The smallest absolute Gasteiger partial charge is 0.217 e. The van der Waals surface area contributed by atoms with Crippen molar-refractivity contribution in [2.24, 2.45) is 5.92 Å². The van der Waals surface area contributed by atoms with E-state index in [1.54, 1.807) is 14.0 Å². The Morgan fingerprint density at radius 1 is 1.38 bits per heavy atom. The molecule has 0 bridgehead atoms. The van der Waals surface area contributed by atoms with Gasteiger partial charge in [0, 0.05) is 25.6 Å². The zero-order valence-electron chi connectivity index (χ0n) is 15.0. The van der Waals surface area contributed by atoms with Crippen LogP contribution in [0.2, 0.25) is 0 Å². The molecule has 2 aliphatic rings. The van der Waals surface area contributed by atoms with Crippen molar-refractivity contribution in [1.29, 1.82) is 0 Å². The van der Waals surface area contributed by atoms with Crippen LogP contribution in [0.5, 0.6) is 5.88 Å². The van der Waals surface area contributed by atoms with Gasteiger partial charge in [0.2, 0.25) is 11.8 Å². The highest BCUT2D eigenvalue weighted by atomic mass is 16.5. The highest BCUT2D eigenvalue weighted by Gasteiger charge is 2.35. The molecule has 1 aliphatic carbocycles. The lowest BCUT2D eigenvalue weighted by molar-refractivity contribution is -0.119. The van der Waals surface area contributed by atoms with Crippen LogP contribution in [0.25, 0.3) is 0 Å². The van der Waals surface area contributed by atoms with Crippen LogP contribution in [0.15, 0.2) is 12.1 Å². The highest BCUT2D eigenvalue weighted by Crippen LogP contribution is 2.40. The maximum Gasteiger partial charge on any atom is 0.217 e. The number of rotatable bonds is 5. The van der Waals surface area contributed by atoms with E-state index in [2.05, 4.69) is 28.2 Å². The van der Waals surface area contributed by atoms with Gasteiger partial charge in [0.1, 0.15) is 0 Å². The molecule has 24 heavy (non-hydrogen) atoms. The van der Waals surface area contributed by atoms with Gasteiger partial charge in [0.25, 0.3) is 0 Å². The summed E-state index contributed by atoms with van der Waals surface area (Å²) in [5, 5.41) is 3.08. The van der Waals surface area contributed by atoms with Gasteiger partial charge in [-0.15, -0.1) is 0 Å². The molecule has 1 N–H and O–H groups in total. The van der Waals surface area contributed by atoms with Crippen LogP contribution in [0.4, 0.5) is 5.69 Å². The first-order chi connectivity index (χ1) is 11.6. The molecule has 0 aromatic carbocycles. The van der Waals surface area contributed by atoms with Gasteiger partial charge in [-0.1, -0.05) is 19.8 Å². The third kappa shape index (κ3) is 3.50.